The summed E-state index contributed by atoms with van der Waals surface area (Å²) < 4.78 is 11.5. The third-order valence-electron chi connectivity index (χ3n) is 6.92. The number of ether oxygens (including phenoxy) is 2. The minimum Gasteiger partial charge on any atom is -0.851 e. The van der Waals surface area contributed by atoms with Crippen molar-refractivity contribution in [3.63, 3.8) is 0 Å². The Balaban J connectivity index is 0.00000320. The molecule has 170 valence electrons. The average molecular weight is 422 g/mol. The Hall–Kier alpha value is -1.66. The van der Waals surface area contributed by atoms with Crippen molar-refractivity contribution in [1.29, 1.82) is 0 Å². The van der Waals surface area contributed by atoms with Gasteiger partial charge in [-0.2, -0.15) is 0 Å². The lowest BCUT2D eigenvalue weighted by molar-refractivity contribution is -0.427. The van der Waals surface area contributed by atoms with Gasteiger partial charge in [0.1, 0.15) is 12.2 Å². The number of carbonyl (C=O) groups excluding carboxylic acids is 2. The third-order valence-corrected chi connectivity index (χ3v) is 6.92. The highest BCUT2D eigenvalue weighted by molar-refractivity contribution is 5.72. The fourth-order valence-corrected chi connectivity index (χ4v) is 5.05. The summed E-state index contributed by atoms with van der Waals surface area (Å²) in [5.74, 6) is 0.617. The first-order valence-corrected chi connectivity index (χ1v) is 11.2. The first-order valence-electron chi connectivity index (χ1n) is 11.2. The fraction of sp³-hybridized carbons (Fsp3) is 0.750. The molecule has 0 spiro atoms. The van der Waals surface area contributed by atoms with Crippen LogP contribution in [0.1, 0.15) is 66.2 Å². The van der Waals surface area contributed by atoms with Crippen LogP contribution in [0.25, 0.3) is 0 Å². The molecular formula is C24H39NO5. The van der Waals surface area contributed by atoms with Crippen LogP contribution in [-0.2, 0) is 19.1 Å². The van der Waals surface area contributed by atoms with Gasteiger partial charge in [0.25, 0.3) is 0 Å². The maximum atomic E-state index is 12.5. The molecule has 6 nitrogen and oxygen atoms in total. The number of rotatable bonds is 6. The Bertz CT molecular complexity index is 673. The third kappa shape index (κ3) is 5.73. The summed E-state index contributed by atoms with van der Waals surface area (Å²) in [5.41, 5.74) is 1.26. The minimum absolute atomic E-state index is 0. The summed E-state index contributed by atoms with van der Waals surface area (Å²) in [4.78, 5) is 24.2. The van der Waals surface area contributed by atoms with Crippen molar-refractivity contribution in [3.05, 3.63) is 23.8 Å². The van der Waals surface area contributed by atoms with Crippen LogP contribution in [0.3, 0.4) is 0 Å². The summed E-state index contributed by atoms with van der Waals surface area (Å²) >= 11 is 0. The van der Waals surface area contributed by atoms with Gasteiger partial charge in [0.15, 0.2) is 0 Å². The number of quaternary nitrogens is 1. The van der Waals surface area contributed by atoms with E-state index in [0.29, 0.717) is 30.6 Å². The number of allylic oxidation sites excluding steroid dienone is 3. The van der Waals surface area contributed by atoms with E-state index >= 15 is 0 Å². The molecular weight excluding hydrogens is 382 g/mol. The van der Waals surface area contributed by atoms with Gasteiger partial charge in [-0.05, 0) is 55.4 Å². The van der Waals surface area contributed by atoms with Crippen LogP contribution >= 0.6 is 0 Å². The number of fused-ring (bicyclic) bond motifs is 1. The SMILES string of the molecule is CC[C@@H](C)C(=O)O[C@H]1C[C@H](C)C=C2C=C[C@@H](C)[C@@H](CCC3C[C@@H]([O-])CC(=O)O3)[C@@H]21.[NH4+]. The molecule has 0 saturated carbocycles. The predicted molar refractivity (Wildman–Crippen MR) is 115 cm³/mol. The highest BCUT2D eigenvalue weighted by atomic mass is 16.5. The second kappa shape index (κ2) is 10.6. The molecule has 1 fully saturated rings. The van der Waals surface area contributed by atoms with E-state index in [9.17, 15) is 14.7 Å². The van der Waals surface area contributed by atoms with Crippen molar-refractivity contribution in [2.24, 2.45) is 29.6 Å². The molecule has 6 heteroatoms. The van der Waals surface area contributed by atoms with Crippen LogP contribution in [0.5, 0.6) is 0 Å². The van der Waals surface area contributed by atoms with Crippen LogP contribution in [0.4, 0.5) is 0 Å². The van der Waals surface area contributed by atoms with E-state index in [4.69, 9.17) is 9.47 Å². The molecule has 0 bridgehead atoms. The first kappa shape index (κ1) is 24.6. The molecule has 3 aliphatic rings. The molecule has 1 heterocycles. The van der Waals surface area contributed by atoms with Gasteiger partial charge in [-0.3, -0.25) is 9.59 Å². The van der Waals surface area contributed by atoms with Crippen molar-refractivity contribution in [1.82, 2.24) is 6.15 Å². The van der Waals surface area contributed by atoms with E-state index in [-0.39, 0.29) is 48.6 Å². The number of hydrogen-bond acceptors (Lipinski definition) is 5. The van der Waals surface area contributed by atoms with E-state index in [0.717, 1.165) is 19.3 Å². The lowest BCUT2D eigenvalue weighted by Crippen LogP contribution is -2.43. The zero-order valence-electron chi connectivity index (χ0n) is 19.1. The van der Waals surface area contributed by atoms with Gasteiger partial charge in [-0.25, -0.2) is 0 Å². The predicted octanol–water partition coefficient (Wildman–Crippen LogP) is 3.94. The highest BCUT2D eigenvalue weighted by Crippen LogP contribution is 2.45. The van der Waals surface area contributed by atoms with E-state index in [1.807, 2.05) is 13.8 Å². The molecule has 0 radical (unpaired) electrons. The van der Waals surface area contributed by atoms with E-state index in [1.165, 1.54) is 5.57 Å². The quantitative estimate of drug-likeness (QED) is 0.653. The smallest absolute Gasteiger partial charge is 0.308 e. The van der Waals surface area contributed by atoms with Crippen LogP contribution in [0, 0.1) is 29.6 Å². The van der Waals surface area contributed by atoms with Crippen molar-refractivity contribution in [3.8, 4) is 0 Å². The maximum absolute atomic E-state index is 12.5. The molecule has 3 rings (SSSR count). The van der Waals surface area contributed by atoms with Gasteiger partial charge in [0.2, 0.25) is 0 Å². The van der Waals surface area contributed by atoms with Gasteiger partial charge in [-0.15, -0.1) is 6.10 Å². The van der Waals surface area contributed by atoms with Gasteiger partial charge < -0.3 is 20.7 Å². The van der Waals surface area contributed by atoms with Crippen molar-refractivity contribution < 1.29 is 24.2 Å². The molecule has 0 aromatic rings. The number of carbonyl (C=O) groups is 2. The van der Waals surface area contributed by atoms with Crippen LogP contribution in [0.2, 0.25) is 0 Å². The molecule has 30 heavy (non-hydrogen) atoms. The molecule has 0 aromatic heterocycles. The Morgan fingerprint density at radius 2 is 2.03 bits per heavy atom. The molecule has 2 aliphatic carbocycles. The summed E-state index contributed by atoms with van der Waals surface area (Å²) in [6.07, 6.45) is 9.04. The van der Waals surface area contributed by atoms with Crippen LogP contribution in [-0.4, -0.2) is 30.3 Å². The lowest BCUT2D eigenvalue weighted by Gasteiger charge is -2.43. The molecule has 0 amide bonds. The Morgan fingerprint density at radius 3 is 2.70 bits per heavy atom. The zero-order valence-corrected chi connectivity index (χ0v) is 19.1. The summed E-state index contributed by atoms with van der Waals surface area (Å²) in [6, 6.07) is 0. The molecule has 1 aliphatic heterocycles. The Labute approximate surface area is 180 Å². The van der Waals surface area contributed by atoms with E-state index in [1.54, 1.807) is 0 Å². The Morgan fingerprint density at radius 1 is 1.30 bits per heavy atom. The molecule has 1 unspecified atom stereocenters. The van der Waals surface area contributed by atoms with Crippen molar-refractivity contribution in [2.75, 3.05) is 0 Å². The van der Waals surface area contributed by atoms with Gasteiger partial charge in [-0.1, -0.05) is 45.9 Å². The summed E-state index contributed by atoms with van der Waals surface area (Å²) in [7, 11) is 0. The van der Waals surface area contributed by atoms with Crippen molar-refractivity contribution >= 4 is 11.9 Å². The van der Waals surface area contributed by atoms with Gasteiger partial charge >= 0.3 is 11.9 Å². The second-order valence-corrected chi connectivity index (χ2v) is 9.32. The van der Waals surface area contributed by atoms with E-state index < -0.39 is 6.10 Å². The average Bonchev–Trinajstić information content (AvgIpc) is 2.65. The Kier molecular flexibility index (Phi) is 8.68. The summed E-state index contributed by atoms with van der Waals surface area (Å²) in [6.45, 7) is 8.30. The molecule has 4 N–H and O–H groups in total. The molecule has 8 atom stereocenters. The molecule has 0 aromatic carbocycles. The second-order valence-electron chi connectivity index (χ2n) is 9.32. The summed E-state index contributed by atoms with van der Waals surface area (Å²) in [5, 5.41) is 11.8. The lowest BCUT2D eigenvalue weighted by atomic mass is 9.65. The number of cyclic esters (lactones) is 1. The largest absolute Gasteiger partial charge is 0.851 e. The number of esters is 2. The van der Waals surface area contributed by atoms with E-state index in [2.05, 4.69) is 32.1 Å². The van der Waals surface area contributed by atoms with Crippen molar-refractivity contribution in [2.45, 2.75) is 84.5 Å². The highest BCUT2D eigenvalue weighted by Gasteiger charge is 2.42. The van der Waals surface area contributed by atoms with Gasteiger partial charge in [0.05, 0.1) is 5.92 Å². The normalized spacial score (nSPS) is 36.6. The first-order chi connectivity index (χ1) is 13.8. The number of hydrogen-bond donors (Lipinski definition) is 1. The minimum atomic E-state index is -0.847. The van der Waals surface area contributed by atoms with Crippen LogP contribution in [0.15, 0.2) is 23.8 Å². The zero-order chi connectivity index (χ0) is 21.1. The van der Waals surface area contributed by atoms with Crippen LogP contribution < -0.4 is 11.3 Å². The maximum Gasteiger partial charge on any atom is 0.308 e. The fourth-order valence-electron chi connectivity index (χ4n) is 5.05. The molecule has 1 saturated heterocycles. The topological polar surface area (TPSA) is 112 Å². The standard InChI is InChI=1S/C24H35O5.H3N/c1-5-15(3)24(27)29-21-11-14(2)10-17-7-6-16(4)20(23(17)21)9-8-19-12-18(25)13-22(26)28-19;/h6-7,10,14-16,18-21,23H,5,8-9,11-13H2,1-4H3;1H3/q-1;/p+1/t14-,15-,16-,18-,19?,20-,21+,23-;/m1./s1. The monoisotopic (exact) mass is 421 g/mol. The van der Waals surface area contributed by atoms with Gasteiger partial charge in [0, 0.05) is 12.3 Å².